The largest absolute Gasteiger partial charge is 0.494 e. The number of hydrogen-bond acceptors (Lipinski definition) is 4. The van der Waals surface area contributed by atoms with Crippen LogP contribution in [0.15, 0.2) is 24.3 Å². The quantitative estimate of drug-likeness (QED) is 0.523. The van der Waals surface area contributed by atoms with E-state index in [-0.39, 0.29) is 24.3 Å². The van der Waals surface area contributed by atoms with Crippen molar-refractivity contribution in [2.45, 2.75) is 64.3 Å². The standard InChI is InChI=1S/C21H31NO4/c1-3-26-19-12-10-17(11-13-19)16-20(23)22(15-14-21(24)25-2)18-8-6-4-5-7-9-18/h10-13,18H,3-9,14-16H2,1-2H3. The molecule has 0 spiro atoms. The van der Waals surface area contributed by atoms with Gasteiger partial charge >= 0.3 is 5.97 Å². The average molecular weight is 361 g/mol. The lowest BCUT2D eigenvalue weighted by molar-refractivity contribution is -0.142. The van der Waals surface area contributed by atoms with E-state index in [1.807, 2.05) is 36.1 Å². The van der Waals surface area contributed by atoms with Crippen LogP contribution in [0.5, 0.6) is 5.75 Å². The molecular formula is C21H31NO4. The van der Waals surface area contributed by atoms with Gasteiger partial charge in [-0.2, -0.15) is 0 Å². The molecule has 1 saturated carbocycles. The van der Waals surface area contributed by atoms with E-state index in [2.05, 4.69) is 0 Å². The number of methoxy groups -OCH3 is 1. The minimum atomic E-state index is -0.266. The van der Waals surface area contributed by atoms with E-state index in [1.165, 1.54) is 20.0 Å². The van der Waals surface area contributed by atoms with Crippen LogP contribution in [0.4, 0.5) is 0 Å². The molecule has 5 nitrogen and oxygen atoms in total. The first-order chi connectivity index (χ1) is 12.6. The molecule has 0 radical (unpaired) electrons. The number of ether oxygens (including phenoxy) is 2. The fourth-order valence-corrected chi connectivity index (χ4v) is 3.54. The number of carbonyl (C=O) groups is 2. The van der Waals surface area contributed by atoms with Gasteiger partial charge in [0.25, 0.3) is 0 Å². The van der Waals surface area contributed by atoms with Gasteiger partial charge in [-0.1, -0.05) is 37.8 Å². The molecule has 5 heteroatoms. The minimum Gasteiger partial charge on any atom is -0.494 e. The smallest absolute Gasteiger partial charge is 0.307 e. The lowest BCUT2D eigenvalue weighted by Gasteiger charge is -2.31. The van der Waals surface area contributed by atoms with Crippen molar-refractivity contribution in [2.75, 3.05) is 20.3 Å². The maximum absolute atomic E-state index is 13.0. The molecule has 26 heavy (non-hydrogen) atoms. The second kappa shape index (κ2) is 10.8. The molecule has 0 heterocycles. The zero-order chi connectivity index (χ0) is 18.8. The second-order valence-electron chi connectivity index (χ2n) is 6.81. The molecule has 0 aliphatic heterocycles. The summed E-state index contributed by atoms with van der Waals surface area (Å²) in [4.78, 5) is 26.5. The molecule has 1 aliphatic rings. The molecular weight excluding hydrogens is 330 g/mol. The second-order valence-corrected chi connectivity index (χ2v) is 6.81. The number of amides is 1. The van der Waals surface area contributed by atoms with E-state index in [4.69, 9.17) is 9.47 Å². The SMILES string of the molecule is CCOc1ccc(CC(=O)N(CCC(=O)OC)C2CCCCCC2)cc1. The van der Waals surface area contributed by atoms with Crippen LogP contribution in [0.25, 0.3) is 0 Å². The molecule has 1 amide bonds. The molecule has 2 rings (SSSR count). The van der Waals surface area contributed by atoms with Crippen LogP contribution in [0.1, 0.15) is 57.4 Å². The number of carbonyl (C=O) groups excluding carboxylic acids is 2. The molecule has 0 bridgehead atoms. The van der Waals surface area contributed by atoms with Gasteiger partial charge in [0.15, 0.2) is 0 Å². The highest BCUT2D eigenvalue weighted by Gasteiger charge is 2.25. The number of esters is 1. The van der Waals surface area contributed by atoms with Crippen LogP contribution in [-0.4, -0.2) is 43.1 Å². The fourth-order valence-electron chi connectivity index (χ4n) is 3.54. The van der Waals surface area contributed by atoms with Crippen LogP contribution >= 0.6 is 0 Å². The highest BCUT2D eigenvalue weighted by molar-refractivity contribution is 5.80. The van der Waals surface area contributed by atoms with Crippen molar-refractivity contribution in [3.8, 4) is 5.75 Å². The third-order valence-corrected chi connectivity index (χ3v) is 4.96. The Morgan fingerprint density at radius 2 is 1.73 bits per heavy atom. The van der Waals surface area contributed by atoms with Crippen molar-refractivity contribution in [2.24, 2.45) is 0 Å². The maximum Gasteiger partial charge on any atom is 0.307 e. The first-order valence-electron chi connectivity index (χ1n) is 9.72. The summed E-state index contributed by atoms with van der Waals surface area (Å²) in [5, 5.41) is 0. The van der Waals surface area contributed by atoms with Crippen LogP contribution in [0.3, 0.4) is 0 Å². The normalized spacial score (nSPS) is 15.2. The topological polar surface area (TPSA) is 55.8 Å². The van der Waals surface area contributed by atoms with Crippen LogP contribution in [0.2, 0.25) is 0 Å². The molecule has 1 aromatic carbocycles. The predicted octanol–water partition coefficient (Wildman–Crippen LogP) is 3.74. The van der Waals surface area contributed by atoms with Gasteiger partial charge in [0.2, 0.25) is 5.91 Å². The van der Waals surface area contributed by atoms with Gasteiger partial charge in [-0.15, -0.1) is 0 Å². The summed E-state index contributed by atoms with van der Waals surface area (Å²) in [5.41, 5.74) is 0.968. The fraction of sp³-hybridized carbons (Fsp3) is 0.619. The van der Waals surface area contributed by atoms with Crippen molar-refractivity contribution in [1.82, 2.24) is 4.90 Å². The molecule has 1 aromatic rings. The van der Waals surface area contributed by atoms with Crippen molar-refractivity contribution < 1.29 is 19.1 Å². The Balaban J connectivity index is 2.03. The van der Waals surface area contributed by atoms with E-state index >= 15 is 0 Å². The lowest BCUT2D eigenvalue weighted by atomic mass is 10.0. The van der Waals surface area contributed by atoms with Gasteiger partial charge in [0.1, 0.15) is 5.75 Å². The van der Waals surface area contributed by atoms with Crippen LogP contribution < -0.4 is 4.74 Å². The van der Waals surface area contributed by atoms with Crippen molar-refractivity contribution in [3.63, 3.8) is 0 Å². The van der Waals surface area contributed by atoms with E-state index in [9.17, 15) is 9.59 Å². The van der Waals surface area contributed by atoms with Gasteiger partial charge < -0.3 is 14.4 Å². The van der Waals surface area contributed by atoms with Gasteiger partial charge in [0, 0.05) is 12.6 Å². The summed E-state index contributed by atoms with van der Waals surface area (Å²) in [6.45, 7) is 3.01. The highest BCUT2D eigenvalue weighted by atomic mass is 16.5. The Hall–Kier alpha value is -2.04. The first kappa shape index (κ1) is 20.3. The Morgan fingerprint density at radius 3 is 2.31 bits per heavy atom. The summed E-state index contributed by atoms with van der Waals surface area (Å²) >= 11 is 0. The van der Waals surface area contributed by atoms with Crippen molar-refractivity contribution in [3.05, 3.63) is 29.8 Å². The van der Waals surface area contributed by atoms with Crippen LogP contribution in [-0.2, 0) is 20.7 Å². The third-order valence-electron chi connectivity index (χ3n) is 4.96. The summed E-state index contributed by atoms with van der Waals surface area (Å²) in [6.07, 6.45) is 7.41. The van der Waals surface area contributed by atoms with E-state index < -0.39 is 0 Å². The molecule has 0 aromatic heterocycles. The number of rotatable bonds is 8. The van der Waals surface area contributed by atoms with E-state index in [0.29, 0.717) is 19.6 Å². The maximum atomic E-state index is 13.0. The average Bonchev–Trinajstić information content (AvgIpc) is 2.93. The number of nitrogens with zero attached hydrogens (tertiary/aromatic N) is 1. The van der Waals surface area contributed by atoms with E-state index in [0.717, 1.165) is 37.0 Å². The Bertz CT molecular complexity index is 562. The molecule has 0 unspecified atom stereocenters. The minimum absolute atomic E-state index is 0.0879. The van der Waals surface area contributed by atoms with Crippen LogP contribution in [0, 0.1) is 0 Å². The number of benzene rings is 1. The van der Waals surface area contributed by atoms with Crippen molar-refractivity contribution in [1.29, 1.82) is 0 Å². The molecule has 0 N–H and O–H groups in total. The van der Waals surface area contributed by atoms with Crippen molar-refractivity contribution >= 4 is 11.9 Å². The highest BCUT2D eigenvalue weighted by Crippen LogP contribution is 2.23. The zero-order valence-electron chi connectivity index (χ0n) is 16.0. The van der Waals surface area contributed by atoms with Gasteiger partial charge in [0.05, 0.1) is 26.6 Å². The molecule has 0 atom stereocenters. The molecule has 0 saturated heterocycles. The molecule has 1 aliphatic carbocycles. The van der Waals surface area contributed by atoms with E-state index in [1.54, 1.807) is 0 Å². The number of hydrogen-bond donors (Lipinski definition) is 0. The zero-order valence-corrected chi connectivity index (χ0v) is 16.0. The first-order valence-corrected chi connectivity index (χ1v) is 9.72. The van der Waals surface area contributed by atoms with Gasteiger partial charge in [-0.25, -0.2) is 0 Å². The molecule has 144 valence electrons. The molecule has 1 fully saturated rings. The summed E-state index contributed by atoms with van der Waals surface area (Å²) in [5.74, 6) is 0.637. The lowest BCUT2D eigenvalue weighted by Crippen LogP contribution is -2.42. The summed E-state index contributed by atoms with van der Waals surface area (Å²) < 4.78 is 10.2. The van der Waals surface area contributed by atoms with Gasteiger partial charge in [-0.05, 0) is 37.5 Å². The predicted molar refractivity (Wildman–Crippen MR) is 101 cm³/mol. The Labute approximate surface area is 156 Å². The third kappa shape index (κ3) is 6.36. The summed E-state index contributed by atoms with van der Waals surface area (Å²) in [6, 6.07) is 7.91. The Kier molecular flexibility index (Phi) is 8.45. The monoisotopic (exact) mass is 361 g/mol. The van der Waals surface area contributed by atoms with Gasteiger partial charge in [-0.3, -0.25) is 9.59 Å². The summed E-state index contributed by atoms with van der Waals surface area (Å²) in [7, 11) is 1.39. The Morgan fingerprint density at radius 1 is 1.08 bits per heavy atom.